The van der Waals surface area contributed by atoms with Gasteiger partial charge >= 0.3 is 0 Å². The van der Waals surface area contributed by atoms with Crippen molar-refractivity contribution in [3.05, 3.63) is 11.8 Å². The van der Waals surface area contributed by atoms with Crippen molar-refractivity contribution in [2.45, 2.75) is 13.3 Å². The largest absolute Gasteiger partial charge is 0.385 e. The van der Waals surface area contributed by atoms with E-state index in [0.29, 0.717) is 5.95 Å². The molecule has 0 saturated heterocycles. The van der Waals surface area contributed by atoms with Crippen molar-refractivity contribution in [2.24, 2.45) is 0 Å². The molecule has 3 N–H and O–H groups in total. The van der Waals surface area contributed by atoms with Crippen LogP contribution in [0.2, 0.25) is 0 Å². The number of anilines is 2. The fourth-order valence-electron chi connectivity index (χ4n) is 1.06. The van der Waals surface area contributed by atoms with Crippen LogP contribution in [0.1, 0.15) is 12.0 Å². The quantitative estimate of drug-likeness (QED) is 0.682. The molecule has 0 atom stereocenters. The number of rotatable bonds is 5. The Morgan fingerprint density at radius 2 is 2.36 bits per heavy atom. The maximum absolute atomic E-state index is 5.47. The highest BCUT2D eigenvalue weighted by molar-refractivity contribution is 5.44. The molecule has 0 radical (unpaired) electrons. The van der Waals surface area contributed by atoms with Crippen molar-refractivity contribution in [1.29, 1.82) is 0 Å². The van der Waals surface area contributed by atoms with Crippen molar-refractivity contribution in [3.63, 3.8) is 0 Å². The minimum Gasteiger partial charge on any atom is -0.385 e. The molecule has 0 bridgehead atoms. The van der Waals surface area contributed by atoms with Crippen LogP contribution < -0.4 is 11.1 Å². The van der Waals surface area contributed by atoms with Gasteiger partial charge in [-0.25, -0.2) is 4.98 Å². The first-order valence-corrected chi connectivity index (χ1v) is 4.56. The zero-order valence-electron chi connectivity index (χ0n) is 8.58. The van der Waals surface area contributed by atoms with Gasteiger partial charge in [0, 0.05) is 32.0 Å². The molecule has 5 heteroatoms. The molecular formula is C9H16N4O. The Balaban J connectivity index is 2.45. The third-order valence-corrected chi connectivity index (χ3v) is 1.81. The van der Waals surface area contributed by atoms with Gasteiger partial charge in [-0.1, -0.05) is 0 Å². The maximum Gasteiger partial charge on any atom is 0.221 e. The van der Waals surface area contributed by atoms with Crippen molar-refractivity contribution in [2.75, 3.05) is 31.3 Å². The number of hydrogen-bond acceptors (Lipinski definition) is 5. The molecule has 0 fully saturated rings. The van der Waals surface area contributed by atoms with E-state index < -0.39 is 0 Å². The number of nitrogens with two attached hydrogens (primary N) is 1. The second kappa shape index (κ2) is 5.39. The summed E-state index contributed by atoms with van der Waals surface area (Å²) in [6.45, 7) is 3.51. The van der Waals surface area contributed by atoms with Gasteiger partial charge in [-0.3, -0.25) is 0 Å². The van der Waals surface area contributed by atoms with E-state index in [-0.39, 0.29) is 0 Å². The normalized spacial score (nSPS) is 10.1. The van der Waals surface area contributed by atoms with E-state index in [1.165, 1.54) is 0 Å². The summed E-state index contributed by atoms with van der Waals surface area (Å²) in [5.74, 6) is 1.10. The van der Waals surface area contributed by atoms with Crippen LogP contribution in [-0.2, 0) is 4.74 Å². The average Bonchev–Trinajstić information content (AvgIpc) is 2.18. The summed E-state index contributed by atoms with van der Waals surface area (Å²) in [5.41, 5.74) is 6.47. The van der Waals surface area contributed by atoms with Gasteiger partial charge in [-0.05, 0) is 13.3 Å². The second-order valence-corrected chi connectivity index (χ2v) is 3.03. The molecule has 14 heavy (non-hydrogen) atoms. The first kappa shape index (κ1) is 10.7. The lowest BCUT2D eigenvalue weighted by atomic mass is 10.3. The van der Waals surface area contributed by atoms with Crippen LogP contribution in [0.4, 0.5) is 11.8 Å². The third kappa shape index (κ3) is 3.18. The first-order chi connectivity index (χ1) is 6.74. The van der Waals surface area contributed by atoms with E-state index >= 15 is 0 Å². The van der Waals surface area contributed by atoms with Crippen LogP contribution in [0, 0.1) is 6.92 Å². The highest BCUT2D eigenvalue weighted by atomic mass is 16.5. The summed E-state index contributed by atoms with van der Waals surface area (Å²) in [5, 5.41) is 3.18. The summed E-state index contributed by atoms with van der Waals surface area (Å²) in [7, 11) is 1.69. The topological polar surface area (TPSA) is 73.1 Å². The smallest absolute Gasteiger partial charge is 0.221 e. The molecule has 0 unspecified atom stereocenters. The van der Waals surface area contributed by atoms with Gasteiger partial charge in [0.15, 0.2) is 0 Å². The Hall–Kier alpha value is -1.36. The number of methoxy groups -OCH3 is 1. The molecule has 0 aliphatic rings. The maximum atomic E-state index is 5.47. The average molecular weight is 196 g/mol. The molecule has 0 amide bonds. The third-order valence-electron chi connectivity index (χ3n) is 1.81. The van der Waals surface area contributed by atoms with E-state index in [9.17, 15) is 0 Å². The van der Waals surface area contributed by atoms with Gasteiger partial charge in [0.25, 0.3) is 0 Å². The number of nitrogen functional groups attached to an aromatic ring is 1. The summed E-state index contributed by atoms with van der Waals surface area (Å²) in [6, 6.07) is 0. The van der Waals surface area contributed by atoms with Crippen LogP contribution in [0.5, 0.6) is 0 Å². The van der Waals surface area contributed by atoms with Crippen molar-refractivity contribution in [3.8, 4) is 0 Å². The zero-order chi connectivity index (χ0) is 10.4. The molecule has 1 rings (SSSR count). The van der Waals surface area contributed by atoms with Crippen molar-refractivity contribution >= 4 is 11.8 Å². The molecule has 0 aliphatic carbocycles. The number of aromatic nitrogens is 2. The van der Waals surface area contributed by atoms with Crippen LogP contribution >= 0.6 is 0 Å². The SMILES string of the molecule is COCCCNc1nc(N)ncc1C. The highest BCUT2D eigenvalue weighted by Gasteiger charge is 1.99. The van der Waals surface area contributed by atoms with Gasteiger partial charge in [0.05, 0.1) is 0 Å². The van der Waals surface area contributed by atoms with Crippen LogP contribution in [0.25, 0.3) is 0 Å². The molecule has 0 aliphatic heterocycles. The molecule has 0 spiro atoms. The molecular weight excluding hydrogens is 180 g/mol. The van der Waals surface area contributed by atoms with Crippen LogP contribution in [-0.4, -0.2) is 30.2 Å². The monoisotopic (exact) mass is 196 g/mol. The summed E-state index contributed by atoms with van der Waals surface area (Å²) < 4.78 is 4.94. The first-order valence-electron chi connectivity index (χ1n) is 4.56. The van der Waals surface area contributed by atoms with E-state index in [1.54, 1.807) is 13.3 Å². The predicted octanol–water partition coefficient (Wildman–Crippen LogP) is 0.816. The zero-order valence-corrected chi connectivity index (χ0v) is 8.58. The number of ether oxygens (including phenoxy) is 1. The molecule has 0 aromatic carbocycles. The minimum absolute atomic E-state index is 0.296. The molecule has 0 saturated carbocycles. The lowest BCUT2D eigenvalue weighted by molar-refractivity contribution is 0.197. The molecule has 5 nitrogen and oxygen atoms in total. The molecule has 78 valence electrons. The van der Waals surface area contributed by atoms with E-state index in [4.69, 9.17) is 10.5 Å². The predicted molar refractivity (Wildman–Crippen MR) is 56.2 cm³/mol. The van der Waals surface area contributed by atoms with Gasteiger partial charge in [0.1, 0.15) is 5.82 Å². The Labute approximate surface area is 83.7 Å². The van der Waals surface area contributed by atoms with Gasteiger partial charge in [0.2, 0.25) is 5.95 Å². The number of nitrogens with one attached hydrogen (secondary N) is 1. The Kier molecular flexibility index (Phi) is 4.12. The van der Waals surface area contributed by atoms with E-state index in [2.05, 4.69) is 15.3 Å². The number of hydrogen-bond donors (Lipinski definition) is 2. The van der Waals surface area contributed by atoms with Gasteiger partial charge in [-0.15, -0.1) is 0 Å². The Bertz CT molecular complexity index is 290. The fourth-order valence-corrected chi connectivity index (χ4v) is 1.06. The fraction of sp³-hybridized carbons (Fsp3) is 0.556. The Morgan fingerprint density at radius 3 is 3.07 bits per heavy atom. The number of aryl methyl sites for hydroxylation is 1. The number of nitrogens with zero attached hydrogens (tertiary/aromatic N) is 2. The molecule has 1 aromatic rings. The standard InChI is InChI=1S/C9H16N4O/c1-7-6-12-9(10)13-8(7)11-4-3-5-14-2/h6H,3-5H2,1-2H3,(H3,10,11,12,13). The Morgan fingerprint density at radius 1 is 1.57 bits per heavy atom. The summed E-state index contributed by atoms with van der Waals surface area (Å²) >= 11 is 0. The van der Waals surface area contributed by atoms with Gasteiger partial charge in [-0.2, -0.15) is 4.98 Å². The summed E-state index contributed by atoms with van der Waals surface area (Å²) in [4.78, 5) is 7.97. The van der Waals surface area contributed by atoms with Crippen molar-refractivity contribution in [1.82, 2.24) is 9.97 Å². The second-order valence-electron chi connectivity index (χ2n) is 3.03. The van der Waals surface area contributed by atoms with E-state index in [0.717, 1.165) is 31.0 Å². The van der Waals surface area contributed by atoms with Crippen LogP contribution in [0.3, 0.4) is 0 Å². The highest BCUT2D eigenvalue weighted by Crippen LogP contribution is 2.10. The van der Waals surface area contributed by atoms with Crippen molar-refractivity contribution < 1.29 is 4.74 Å². The molecule has 1 aromatic heterocycles. The summed E-state index contributed by atoms with van der Waals surface area (Å²) in [6.07, 6.45) is 2.65. The lowest BCUT2D eigenvalue weighted by Gasteiger charge is -2.07. The van der Waals surface area contributed by atoms with Gasteiger partial charge < -0.3 is 15.8 Å². The molecule has 1 heterocycles. The lowest BCUT2D eigenvalue weighted by Crippen LogP contribution is -2.09. The minimum atomic E-state index is 0.296. The van der Waals surface area contributed by atoms with E-state index in [1.807, 2.05) is 6.92 Å². The van der Waals surface area contributed by atoms with Crippen LogP contribution in [0.15, 0.2) is 6.20 Å².